The van der Waals surface area contributed by atoms with E-state index in [-0.39, 0.29) is 0 Å². The molecule has 0 bridgehead atoms. The summed E-state index contributed by atoms with van der Waals surface area (Å²) >= 11 is 0. The van der Waals surface area contributed by atoms with Gasteiger partial charge in [-0.3, -0.25) is 9.80 Å². The average molecular weight is 997 g/mol. The summed E-state index contributed by atoms with van der Waals surface area (Å²) in [6.45, 7) is 11.9. The fourth-order valence-electron chi connectivity index (χ4n) is 12.0. The highest BCUT2D eigenvalue weighted by Crippen LogP contribution is 2.48. The first-order valence-electron chi connectivity index (χ1n) is 26.4. The smallest absolute Gasteiger partial charge is 0.418 e. The zero-order valence-corrected chi connectivity index (χ0v) is 41.9. The van der Waals surface area contributed by atoms with Crippen LogP contribution in [0.4, 0.5) is 22.7 Å². The van der Waals surface area contributed by atoms with Crippen LogP contribution in [-0.2, 0) is 43.4 Å². The van der Waals surface area contributed by atoms with E-state index >= 15 is 0 Å². The van der Waals surface area contributed by atoms with Gasteiger partial charge in [0.15, 0.2) is 34.2 Å². The van der Waals surface area contributed by atoms with E-state index in [1.807, 2.05) is 84.9 Å². The SMILES string of the molecule is O=C(OC1(CCN2CCN(c3cccc4c3OCCO4)CC2)CN(Cc2ccccc2)c2ccccc21)C(=O)OC1(CCN2CCN(c3cccc4c3OCCO4)CC2)CN(Cc2ccccc2)c2ccccc21. The summed E-state index contributed by atoms with van der Waals surface area (Å²) in [5.74, 6) is 1.23. The highest BCUT2D eigenvalue weighted by molar-refractivity contribution is 6.30. The maximum absolute atomic E-state index is 14.9. The number of nitrogens with zero attached hydrogens (tertiary/aromatic N) is 6. The predicted molar refractivity (Wildman–Crippen MR) is 285 cm³/mol. The molecule has 0 aliphatic carbocycles. The first-order valence-corrected chi connectivity index (χ1v) is 26.4. The molecule has 0 amide bonds. The number of hydrogen-bond donors (Lipinski definition) is 0. The molecule has 2 saturated heterocycles. The van der Waals surface area contributed by atoms with Crippen molar-refractivity contribution in [3.8, 4) is 23.0 Å². The number of carbonyl (C=O) groups excluding carboxylic acids is 2. The van der Waals surface area contributed by atoms with Crippen LogP contribution >= 0.6 is 0 Å². The number of carbonyl (C=O) groups is 2. The van der Waals surface area contributed by atoms with Gasteiger partial charge < -0.3 is 48.0 Å². The Kier molecular flexibility index (Phi) is 13.4. The highest BCUT2D eigenvalue weighted by atomic mass is 16.6. The van der Waals surface area contributed by atoms with E-state index in [0.717, 1.165) is 120 Å². The molecule has 0 spiro atoms. The Hall–Kier alpha value is -7.42. The Balaban J connectivity index is 0.795. The molecular formula is C60H64N6O8. The largest absolute Gasteiger partial charge is 0.486 e. The number of anilines is 4. The Labute approximate surface area is 433 Å². The molecule has 14 heteroatoms. The summed E-state index contributed by atoms with van der Waals surface area (Å²) in [6, 6.07) is 49.2. The molecule has 2 fully saturated rings. The van der Waals surface area contributed by atoms with E-state index in [9.17, 15) is 9.59 Å². The normalized spacial score (nSPS) is 21.2. The third-order valence-electron chi connectivity index (χ3n) is 15.7. The third-order valence-corrected chi connectivity index (χ3v) is 15.7. The monoisotopic (exact) mass is 996 g/mol. The number of esters is 2. The molecule has 14 nitrogen and oxygen atoms in total. The van der Waals surface area contributed by atoms with Gasteiger partial charge in [-0.2, -0.15) is 0 Å². The number of rotatable bonds is 14. The third kappa shape index (κ3) is 9.64. The van der Waals surface area contributed by atoms with E-state index < -0.39 is 23.1 Å². The quantitative estimate of drug-likeness (QED) is 0.0781. The first-order chi connectivity index (χ1) is 36.4. The van der Waals surface area contributed by atoms with Crippen molar-refractivity contribution >= 4 is 34.7 Å². The number of piperazine rings is 2. The summed E-state index contributed by atoms with van der Waals surface area (Å²) in [6.07, 6.45) is 0.976. The van der Waals surface area contributed by atoms with Gasteiger partial charge in [0.1, 0.15) is 26.4 Å². The van der Waals surface area contributed by atoms with Crippen LogP contribution in [-0.4, -0.2) is 127 Å². The summed E-state index contributed by atoms with van der Waals surface area (Å²) in [7, 11) is 0. The van der Waals surface area contributed by atoms with Crippen molar-refractivity contribution in [2.75, 3.05) is 125 Å². The maximum atomic E-state index is 14.9. The van der Waals surface area contributed by atoms with E-state index in [4.69, 9.17) is 28.4 Å². The van der Waals surface area contributed by atoms with Gasteiger partial charge in [-0.25, -0.2) is 9.59 Å². The molecule has 74 heavy (non-hydrogen) atoms. The van der Waals surface area contributed by atoms with Crippen LogP contribution in [0.3, 0.4) is 0 Å². The van der Waals surface area contributed by atoms with Gasteiger partial charge in [0, 0.05) is 114 Å². The van der Waals surface area contributed by atoms with Crippen LogP contribution in [0.15, 0.2) is 146 Å². The van der Waals surface area contributed by atoms with Gasteiger partial charge in [-0.1, -0.05) is 109 Å². The minimum atomic E-state index is -1.13. The first kappa shape index (κ1) is 47.6. The molecule has 2 atom stereocenters. The van der Waals surface area contributed by atoms with Gasteiger partial charge in [0.05, 0.1) is 24.5 Å². The Morgan fingerprint density at radius 2 is 0.797 bits per heavy atom. The molecule has 12 rings (SSSR count). The molecule has 6 aliphatic heterocycles. The minimum absolute atomic E-state index is 0.392. The second kappa shape index (κ2) is 20.8. The molecule has 6 aromatic rings. The standard InChI is InChI=1S/C60H64N6O8/c67-57(73-59(43-65(41-45-13-3-1-4-14-45)49-19-9-7-17-47(49)59)25-27-61-29-33-63(34-30-61)51-21-11-23-53-55(51)71-39-37-69-53)58(68)74-60(44-66(42-46-15-5-2-6-16-46)50-20-10-8-18-48(50)60)26-28-62-31-35-64(36-32-62)52-22-12-24-54-56(52)72-40-38-70-54/h1-24H,25-44H2. The Bertz CT molecular complexity index is 2750. The number of benzene rings is 6. The fourth-order valence-corrected chi connectivity index (χ4v) is 12.0. The van der Waals surface area contributed by atoms with E-state index in [1.54, 1.807) is 0 Å². The molecular weight excluding hydrogens is 933 g/mol. The summed E-state index contributed by atoms with van der Waals surface area (Å²) in [5.41, 5.74) is 5.90. The van der Waals surface area contributed by atoms with Crippen LogP contribution in [0.1, 0.15) is 35.1 Å². The van der Waals surface area contributed by atoms with Crippen molar-refractivity contribution in [1.82, 2.24) is 9.80 Å². The number of ether oxygens (including phenoxy) is 6. The second-order valence-corrected chi connectivity index (χ2v) is 20.2. The van der Waals surface area contributed by atoms with Gasteiger partial charge in [-0.05, 0) is 47.5 Å². The highest BCUT2D eigenvalue weighted by Gasteiger charge is 2.51. The van der Waals surface area contributed by atoms with Crippen molar-refractivity contribution in [3.63, 3.8) is 0 Å². The van der Waals surface area contributed by atoms with Gasteiger partial charge in [0.2, 0.25) is 0 Å². The van der Waals surface area contributed by atoms with E-state index in [1.165, 1.54) is 0 Å². The molecule has 6 aromatic carbocycles. The minimum Gasteiger partial charge on any atom is -0.486 e. The average Bonchev–Trinajstić information content (AvgIpc) is 3.93. The number of fused-ring (bicyclic) bond motifs is 4. The molecule has 382 valence electrons. The van der Waals surface area contributed by atoms with Gasteiger partial charge in [0.25, 0.3) is 0 Å². The molecule has 0 radical (unpaired) electrons. The summed E-state index contributed by atoms with van der Waals surface area (Å²) < 4.78 is 37.5. The lowest BCUT2D eigenvalue weighted by molar-refractivity contribution is -0.187. The lowest BCUT2D eigenvalue weighted by atomic mass is 9.91. The Morgan fingerprint density at radius 1 is 0.419 bits per heavy atom. The van der Waals surface area contributed by atoms with Crippen LogP contribution in [0, 0.1) is 0 Å². The van der Waals surface area contributed by atoms with Crippen LogP contribution < -0.4 is 38.5 Å². The molecule has 6 aliphatic rings. The second-order valence-electron chi connectivity index (χ2n) is 20.2. The molecule has 0 aromatic heterocycles. The van der Waals surface area contributed by atoms with Crippen molar-refractivity contribution in [3.05, 3.63) is 168 Å². The van der Waals surface area contributed by atoms with Gasteiger partial charge >= 0.3 is 11.9 Å². The maximum Gasteiger partial charge on any atom is 0.418 e. The van der Waals surface area contributed by atoms with Crippen molar-refractivity contribution in [2.45, 2.75) is 37.1 Å². The fraction of sp³-hybridized carbons (Fsp3) is 0.367. The van der Waals surface area contributed by atoms with Crippen LogP contribution in [0.25, 0.3) is 0 Å². The molecule has 0 saturated carbocycles. The van der Waals surface area contributed by atoms with Crippen molar-refractivity contribution in [2.24, 2.45) is 0 Å². The summed E-state index contributed by atoms with van der Waals surface area (Å²) in [4.78, 5) is 44.0. The van der Waals surface area contributed by atoms with E-state index in [2.05, 4.69) is 90.1 Å². The zero-order valence-electron chi connectivity index (χ0n) is 41.9. The number of hydrogen-bond acceptors (Lipinski definition) is 14. The van der Waals surface area contributed by atoms with E-state index in [0.29, 0.717) is 78.5 Å². The number of para-hydroxylation sites is 4. The zero-order chi connectivity index (χ0) is 49.9. The lowest BCUT2D eigenvalue weighted by Gasteiger charge is -2.39. The van der Waals surface area contributed by atoms with Crippen molar-refractivity contribution in [1.29, 1.82) is 0 Å². The topological polar surface area (TPSA) is 109 Å². The molecule has 6 heterocycles. The van der Waals surface area contributed by atoms with Crippen LogP contribution in [0.2, 0.25) is 0 Å². The summed E-state index contributed by atoms with van der Waals surface area (Å²) in [5, 5.41) is 0. The van der Waals surface area contributed by atoms with Crippen LogP contribution in [0.5, 0.6) is 23.0 Å². The lowest BCUT2D eigenvalue weighted by Crippen LogP contribution is -2.50. The predicted octanol–water partition coefficient (Wildman–Crippen LogP) is 7.87. The van der Waals surface area contributed by atoms with Crippen molar-refractivity contribution < 1.29 is 38.0 Å². The molecule has 2 unspecified atom stereocenters. The Morgan fingerprint density at radius 3 is 1.23 bits per heavy atom. The van der Waals surface area contributed by atoms with Gasteiger partial charge in [-0.15, -0.1) is 0 Å². The molecule has 0 N–H and O–H groups in total.